The number of ether oxygens (including phenoxy) is 2. The van der Waals surface area contributed by atoms with Crippen LogP contribution in [0, 0.1) is 0 Å². The van der Waals surface area contributed by atoms with Crippen molar-refractivity contribution in [3.05, 3.63) is 57.4 Å². The second kappa shape index (κ2) is 12.5. The first-order chi connectivity index (χ1) is 15.0. The van der Waals surface area contributed by atoms with Crippen LogP contribution in [0.3, 0.4) is 0 Å². The zero-order chi connectivity index (χ0) is 22.8. The van der Waals surface area contributed by atoms with Gasteiger partial charge in [0.15, 0.2) is 0 Å². The fourth-order valence-electron chi connectivity index (χ4n) is 3.92. The number of allylic oxidation sites excluding steroid dienone is 2. The molecular formula is C24H33ClN2O4. The van der Waals surface area contributed by atoms with E-state index < -0.39 is 17.9 Å². The average molecular weight is 449 g/mol. The van der Waals surface area contributed by atoms with Crippen molar-refractivity contribution in [2.24, 2.45) is 5.73 Å². The lowest BCUT2D eigenvalue weighted by molar-refractivity contribution is -0.139. The Bertz CT molecular complexity index is 848. The SMILES string of the molecule is CCOC(=O)C1=C(CCCCCCCN)NC(C)=C(C(=O)OC)[C@H]1c1ccccc1Cl. The molecule has 7 heteroatoms. The molecule has 0 amide bonds. The van der Waals surface area contributed by atoms with Gasteiger partial charge < -0.3 is 20.5 Å². The summed E-state index contributed by atoms with van der Waals surface area (Å²) in [6.45, 7) is 4.53. The number of carbonyl (C=O) groups is 2. The van der Waals surface area contributed by atoms with Crippen molar-refractivity contribution in [2.45, 2.75) is 58.3 Å². The monoisotopic (exact) mass is 448 g/mol. The van der Waals surface area contributed by atoms with Gasteiger partial charge in [0.05, 0.1) is 30.8 Å². The minimum absolute atomic E-state index is 0.236. The number of rotatable bonds is 11. The Labute approximate surface area is 189 Å². The topological polar surface area (TPSA) is 90.6 Å². The second-order valence-electron chi connectivity index (χ2n) is 7.53. The van der Waals surface area contributed by atoms with E-state index in [4.69, 9.17) is 26.8 Å². The van der Waals surface area contributed by atoms with E-state index in [-0.39, 0.29) is 6.61 Å². The highest BCUT2D eigenvalue weighted by Crippen LogP contribution is 2.42. The molecule has 0 spiro atoms. The van der Waals surface area contributed by atoms with Crippen LogP contribution in [0.4, 0.5) is 0 Å². The maximum Gasteiger partial charge on any atom is 0.336 e. The van der Waals surface area contributed by atoms with E-state index in [1.807, 2.05) is 25.1 Å². The van der Waals surface area contributed by atoms with Crippen LogP contribution in [0.25, 0.3) is 0 Å². The van der Waals surface area contributed by atoms with Gasteiger partial charge in [-0.25, -0.2) is 9.59 Å². The van der Waals surface area contributed by atoms with Crippen LogP contribution in [0.15, 0.2) is 46.8 Å². The van der Waals surface area contributed by atoms with Crippen LogP contribution in [0.2, 0.25) is 5.02 Å². The first kappa shape index (κ1) is 25.0. The number of esters is 2. The van der Waals surface area contributed by atoms with Crippen LogP contribution in [-0.2, 0) is 19.1 Å². The summed E-state index contributed by atoms with van der Waals surface area (Å²) in [5.41, 5.74) is 8.45. The lowest BCUT2D eigenvalue weighted by Gasteiger charge is -2.32. The molecule has 1 heterocycles. The van der Waals surface area contributed by atoms with Crippen molar-refractivity contribution in [3.63, 3.8) is 0 Å². The van der Waals surface area contributed by atoms with Gasteiger partial charge in [-0.15, -0.1) is 0 Å². The first-order valence-electron chi connectivity index (χ1n) is 10.9. The number of unbranched alkanes of at least 4 members (excludes halogenated alkanes) is 4. The molecule has 1 atom stereocenters. The van der Waals surface area contributed by atoms with Crippen molar-refractivity contribution in [2.75, 3.05) is 20.3 Å². The molecular weight excluding hydrogens is 416 g/mol. The molecule has 0 unspecified atom stereocenters. The number of benzene rings is 1. The molecule has 1 aliphatic heterocycles. The van der Waals surface area contributed by atoms with Gasteiger partial charge in [0.2, 0.25) is 0 Å². The van der Waals surface area contributed by atoms with E-state index in [0.29, 0.717) is 40.4 Å². The third-order valence-electron chi connectivity index (χ3n) is 5.39. The van der Waals surface area contributed by atoms with E-state index >= 15 is 0 Å². The molecule has 2 rings (SSSR count). The highest BCUT2D eigenvalue weighted by Gasteiger charge is 2.39. The van der Waals surface area contributed by atoms with E-state index in [2.05, 4.69) is 5.32 Å². The number of hydrogen-bond donors (Lipinski definition) is 2. The number of nitrogens with two attached hydrogens (primary N) is 1. The fourth-order valence-corrected chi connectivity index (χ4v) is 4.17. The predicted octanol–water partition coefficient (Wildman–Crippen LogP) is 4.59. The summed E-state index contributed by atoms with van der Waals surface area (Å²) < 4.78 is 10.4. The molecule has 170 valence electrons. The molecule has 1 aliphatic rings. The van der Waals surface area contributed by atoms with Crippen LogP contribution in [-0.4, -0.2) is 32.2 Å². The van der Waals surface area contributed by atoms with Gasteiger partial charge in [0, 0.05) is 16.4 Å². The zero-order valence-corrected chi connectivity index (χ0v) is 19.4. The predicted molar refractivity (Wildman–Crippen MR) is 122 cm³/mol. The van der Waals surface area contributed by atoms with Gasteiger partial charge in [-0.3, -0.25) is 0 Å². The van der Waals surface area contributed by atoms with Gasteiger partial charge in [-0.2, -0.15) is 0 Å². The number of halogens is 1. The first-order valence-corrected chi connectivity index (χ1v) is 11.2. The largest absolute Gasteiger partial charge is 0.466 e. The summed E-state index contributed by atoms with van der Waals surface area (Å²) >= 11 is 6.51. The Morgan fingerprint density at radius 1 is 1.06 bits per heavy atom. The number of dihydropyridines is 1. The highest BCUT2D eigenvalue weighted by molar-refractivity contribution is 6.31. The molecule has 3 N–H and O–H groups in total. The zero-order valence-electron chi connectivity index (χ0n) is 18.6. The standard InChI is InChI=1S/C24H33ClN2O4/c1-4-31-24(29)22-19(14-8-6-5-7-11-15-26)27-16(2)20(23(28)30-3)21(22)17-12-9-10-13-18(17)25/h9-10,12-13,21,27H,4-8,11,14-15,26H2,1-3H3/t21-/m1/s1. The minimum atomic E-state index is -0.659. The van der Waals surface area contributed by atoms with Crippen LogP contribution in [0.1, 0.15) is 63.9 Å². The molecule has 0 radical (unpaired) electrons. The molecule has 0 saturated carbocycles. The van der Waals surface area contributed by atoms with Crippen molar-refractivity contribution in [3.8, 4) is 0 Å². The Hall–Kier alpha value is -2.31. The summed E-state index contributed by atoms with van der Waals surface area (Å²) in [6, 6.07) is 7.24. The summed E-state index contributed by atoms with van der Waals surface area (Å²) in [7, 11) is 1.33. The molecule has 1 aromatic carbocycles. The Kier molecular flexibility index (Phi) is 10.1. The van der Waals surface area contributed by atoms with Gasteiger partial charge in [0.1, 0.15) is 0 Å². The maximum absolute atomic E-state index is 13.1. The van der Waals surface area contributed by atoms with E-state index in [1.54, 1.807) is 13.0 Å². The average Bonchev–Trinajstić information content (AvgIpc) is 2.75. The van der Waals surface area contributed by atoms with Gasteiger partial charge in [-0.1, -0.05) is 49.1 Å². The molecule has 0 aliphatic carbocycles. The van der Waals surface area contributed by atoms with E-state index in [1.165, 1.54) is 7.11 Å². The van der Waals surface area contributed by atoms with E-state index in [9.17, 15) is 9.59 Å². The van der Waals surface area contributed by atoms with Crippen LogP contribution < -0.4 is 11.1 Å². The second-order valence-corrected chi connectivity index (χ2v) is 7.94. The molecule has 31 heavy (non-hydrogen) atoms. The summed E-state index contributed by atoms with van der Waals surface area (Å²) in [4.78, 5) is 25.8. The molecule has 0 aromatic heterocycles. The maximum atomic E-state index is 13.1. The molecule has 0 saturated heterocycles. The number of hydrogen-bond acceptors (Lipinski definition) is 6. The molecule has 1 aromatic rings. The third-order valence-corrected chi connectivity index (χ3v) is 5.74. The quantitative estimate of drug-likeness (QED) is 0.380. The fraction of sp³-hybridized carbons (Fsp3) is 0.500. The number of carbonyl (C=O) groups excluding carboxylic acids is 2. The Morgan fingerprint density at radius 2 is 1.74 bits per heavy atom. The van der Waals surface area contributed by atoms with Crippen molar-refractivity contribution < 1.29 is 19.1 Å². The van der Waals surface area contributed by atoms with Crippen LogP contribution in [0.5, 0.6) is 0 Å². The molecule has 6 nitrogen and oxygen atoms in total. The van der Waals surface area contributed by atoms with Gasteiger partial charge in [-0.05, 0) is 51.3 Å². The lowest BCUT2D eigenvalue weighted by Crippen LogP contribution is -2.33. The summed E-state index contributed by atoms with van der Waals surface area (Å²) in [5.74, 6) is -1.61. The number of nitrogens with one attached hydrogen (secondary N) is 1. The third kappa shape index (κ3) is 6.34. The van der Waals surface area contributed by atoms with Gasteiger partial charge in [0.25, 0.3) is 0 Å². The summed E-state index contributed by atoms with van der Waals surface area (Å²) in [5, 5.41) is 3.77. The highest BCUT2D eigenvalue weighted by atomic mass is 35.5. The van der Waals surface area contributed by atoms with Gasteiger partial charge >= 0.3 is 11.9 Å². The number of methoxy groups -OCH3 is 1. The van der Waals surface area contributed by atoms with Crippen molar-refractivity contribution in [1.82, 2.24) is 5.32 Å². The Balaban J connectivity index is 2.48. The normalized spacial score (nSPS) is 16.2. The lowest BCUT2D eigenvalue weighted by atomic mass is 9.79. The Morgan fingerprint density at radius 3 is 2.39 bits per heavy atom. The molecule has 0 fully saturated rings. The minimum Gasteiger partial charge on any atom is -0.466 e. The van der Waals surface area contributed by atoms with Crippen molar-refractivity contribution >= 4 is 23.5 Å². The smallest absolute Gasteiger partial charge is 0.336 e. The summed E-state index contributed by atoms with van der Waals surface area (Å²) in [6.07, 6.45) is 5.82. The van der Waals surface area contributed by atoms with Crippen LogP contribution >= 0.6 is 11.6 Å². The molecule has 0 bridgehead atoms. The van der Waals surface area contributed by atoms with E-state index in [0.717, 1.165) is 37.8 Å². The van der Waals surface area contributed by atoms with Crippen molar-refractivity contribution in [1.29, 1.82) is 0 Å².